The quantitative estimate of drug-likeness (QED) is 0.833. The van der Waals surface area contributed by atoms with Crippen LogP contribution in [0.5, 0.6) is 5.75 Å². The summed E-state index contributed by atoms with van der Waals surface area (Å²) in [7, 11) is 0. The van der Waals surface area contributed by atoms with Crippen LogP contribution in [0.4, 0.5) is 0 Å². The van der Waals surface area contributed by atoms with Crippen LogP contribution in [0.1, 0.15) is 42.5 Å². The highest BCUT2D eigenvalue weighted by Gasteiger charge is 2.66. The molecule has 0 aliphatic carbocycles. The van der Waals surface area contributed by atoms with Gasteiger partial charge in [0.2, 0.25) is 11.8 Å². The summed E-state index contributed by atoms with van der Waals surface area (Å²) in [6.45, 7) is 6.21. The predicted octanol–water partition coefficient (Wildman–Crippen LogP) is 2.95. The molecule has 2 aromatic rings. The standard InChI is InChI=1S/C23H24N2O3/c1-13-9-10-18-16(11-13)20-17(12-28-18)19(15-7-5-4-6-8-15)23(3)22(27)24-14(2)21(26)25(20)23/h4-11,14,17,19-20H,12H2,1-3H3,(H,24,27)/t14?,17?,19?,20?,23-/m0/s1. The number of ether oxygens (including phenoxy) is 1. The van der Waals surface area contributed by atoms with Crippen molar-refractivity contribution in [2.24, 2.45) is 5.92 Å². The Morgan fingerprint density at radius 3 is 2.64 bits per heavy atom. The van der Waals surface area contributed by atoms with Crippen LogP contribution in [0.25, 0.3) is 0 Å². The Kier molecular flexibility index (Phi) is 3.60. The van der Waals surface area contributed by atoms with Crippen LogP contribution in [0, 0.1) is 12.8 Å². The molecule has 5 nitrogen and oxygen atoms in total. The molecule has 3 aliphatic heterocycles. The third-order valence-corrected chi connectivity index (χ3v) is 6.71. The molecule has 0 saturated carbocycles. The number of rotatable bonds is 1. The first kappa shape index (κ1) is 17.3. The van der Waals surface area contributed by atoms with E-state index in [-0.39, 0.29) is 29.7 Å². The van der Waals surface area contributed by atoms with Gasteiger partial charge in [-0.15, -0.1) is 0 Å². The van der Waals surface area contributed by atoms with Crippen LogP contribution in [0.2, 0.25) is 0 Å². The SMILES string of the molecule is Cc1ccc2c(c1)C1C(CO2)C(c2ccccc2)[C@@]2(C)C(=O)NC(C)C(=O)N12. The fourth-order valence-corrected chi connectivity index (χ4v) is 5.46. The lowest BCUT2D eigenvalue weighted by molar-refractivity contribution is -0.156. The van der Waals surface area contributed by atoms with Crippen molar-refractivity contribution in [1.82, 2.24) is 10.2 Å². The minimum atomic E-state index is -0.949. The highest BCUT2D eigenvalue weighted by molar-refractivity contribution is 6.01. The van der Waals surface area contributed by atoms with Gasteiger partial charge < -0.3 is 15.0 Å². The second-order valence-corrected chi connectivity index (χ2v) is 8.40. The molecule has 0 spiro atoms. The minimum Gasteiger partial charge on any atom is -0.493 e. The first-order valence-electron chi connectivity index (χ1n) is 9.85. The lowest BCUT2D eigenvalue weighted by Gasteiger charge is -2.45. The molecule has 3 aliphatic rings. The van der Waals surface area contributed by atoms with E-state index in [9.17, 15) is 9.59 Å². The fourth-order valence-electron chi connectivity index (χ4n) is 5.46. The molecule has 2 amide bonds. The van der Waals surface area contributed by atoms with E-state index in [0.717, 1.165) is 22.4 Å². The van der Waals surface area contributed by atoms with Crippen LogP contribution >= 0.6 is 0 Å². The van der Waals surface area contributed by atoms with Gasteiger partial charge in [0.25, 0.3) is 0 Å². The summed E-state index contributed by atoms with van der Waals surface area (Å²) in [5, 5.41) is 2.91. The van der Waals surface area contributed by atoms with E-state index >= 15 is 0 Å². The zero-order valence-corrected chi connectivity index (χ0v) is 16.3. The van der Waals surface area contributed by atoms with Crippen molar-refractivity contribution in [1.29, 1.82) is 0 Å². The van der Waals surface area contributed by atoms with E-state index in [0.29, 0.717) is 6.61 Å². The van der Waals surface area contributed by atoms with Gasteiger partial charge in [-0.1, -0.05) is 48.0 Å². The van der Waals surface area contributed by atoms with E-state index in [1.807, 2.05) is 49.1 Å². The maximum absolute atomic E-state index is 13.4. The third kappa shape index (κ3) is 2.13. The summed E-state index contributed by atoms with van der Waals surface area (Å²) in [5.74, 6) is 0.585. The van der Waals surface area contributed by atoms with Crippen LogP contribution in [0.3, 0.4) is 0 Å². The monoisotopic (exact) mass is 376 g/mol. The molecular formula is C23H24N2O3. The third-order valence-electron chi connectivity index (χ3n) is 6.71. The number of nitrogens with zero attached hydrogens (tertiary/aromatic N) is 1. The van der Waals surface area contributed by atoms with E-state index in [1.165, 1.54) is 0 Å². The van der Waals surface area contributed by atoms with E-state index in [4.69, 9.17) is 4.74 Å². The molecule has 5 heteroatoms. The molecule has 0 bridgehead atoms. The molecule has 2 saturated heterocycles. The first-order valence-corrected chi connectivity index (χ1v) is 9.85. The Balaban J connectivity index is 1.76. The highest BCUT2D eigenvalue weighted by atomic mass is 16.5. The number of hydrogen-bond acceptors (Lipinski definition) is 3. The van der Waals surface area contributed by atoms with Crippen molar-refractivity contribution in [3.63, 3.8) is 0 Å². The predicted molar refractivity (Wildman–Crippen MR) is 105 cm³/mol. The molecule has 4 unspecified atom stereocenters. The molecule has 3 heterocycles. The molecule has 0 radical (unpaired) electrons. The van der Waals surface area contributed by atoms with Crippen molar-refractivity contribution >= 4 is 11.8 Å². The number of benzene rings is 2. The Hall–Kier alpha value is -2.82. The summed E-state index contributed by atoms with van der Waals surface area (Å²) in [6.07, 6.45) is 0. The summed E-state index contributed by atoms with van der Waals surface area (Å²) in [6, 6.07) is 15.5. The Labute approximate surface area is 164 Å². The molecule has 28 heavy (non-hydrogen) atoms. The van der Waals surface area contributed by atoms with Gasteiger partial charge in [0.05, 0.1) is 12.6 Å². The number of amides is 2. The van der Waals surface area contributed by atoms with Gasteiger partial charge in [-0.3, -0.25) is 9.59 Å². The van der Waals surface area contributed by atoms with Gasteiger partial charge in [-0.2, -0.15) is 0 Å². The highest BCUT2D eigenvalue weighted by Crippen LogP contribution is 2.59. The van der Waals surface area contributed by atoms with E-state index in [2.05, 4.69) is 23.5 Å². The number of carbonyl (C=O) groups is 2. The summed E-state index contributed by atoms with van der Waals surface area (Å²) in [5.41, 5.74) is 2.25. The van der Waals surface area contributed by atoms with Crippen LogP contribution in [-0.2, 0) is 9.59 Å². The number of aryl methyl sites for hydroxylation is 1. The lowest BCUT2D eigenvalue weighted by atomic mass is 9.73. The largest absolute Gasteiger partial charge is 0.493 e. The lowest BCUT2D eigenvalue weighted by Crippen LogP contribution is -2.68. The second-order valence-electron chi connectivity index (χ2n) is 8.40. The van der Waals surface area contributed by atoms with Crippen molar-refractivity contribution in [3.05, 3.63) is 65.2 Å². The molecule has 5 rings (SSSR count). The molecular weight excluding hydrogens is 352 g/mol. The molecule has 2 fully saturated rings. The second kappa shape index (κ2) is 5.84. The normalized spacial score (nSPS) is 33.5. The van der Waals surface area contributed by atoms with Crippen LogP contribution in [0.15, 0.2) is 48.5 Å². The fraction of sp³-hybridized carbons (Fsp3) is 0.391. The first-order chi connectivity index (χ1) is 13.4. The van der Waals surface area contributed by atoms with Gasteiger partial charge in [0.1, 0.15) is 17.3 Å². The van der Waals surface area contributed by atoms with Gasteiger partial charge in [0.15, 0.2) is 0 Å². The Bertz CT molecular complexity index is 973. The van der Waals surface area contributed by atoms with Crippen molar-refractivity contribution < 1.29 is 14.3 Å². The minimum absolute atomic E-state index is 0.0155. The molecule has 0 aromatic heterocycles. The van der Waals surface area contributed by atoms with Gasteiger partial charge in [0, 0.05) is 17.4 Å². The Morgan fingerprint density at radius 2 is 1.89 bits per heavy atom. The van der Waals surface area contributed by atoms with Gasteiger partial charge in [-0.25, -0.2) is 0 Å². The summed E-state index contributed by atoms with van der Waals surface area (Å²) >= 11 is 0. The maximum Gasteiger partial charge on any atom is 0.247 e. The van der Waals surface area contributed by atoms with Crippen molar-refractivity contribution in [3.8, 4) is 5.75 Å². The van der Waals surface area contributed by atoms with Gasteiger partial charge in [-0.05, 0) is 32.4 Å². The molecule has 2 aromatic carbocycles. The number of hydrogen-bond donors (Lipinski definition) is 1. The smallest absolute Gasteiger partial charge is 0.247 e. The zero-order chi connectivity index (χ0) is 19.6. The summed E-state index contributed by atoms with van der Waals surface area (Å²) < 4.78 is 6.12. The topological polar surface area (TPSA) is 58.6 Å². The molecule has 144 valence electrons. The van der Waals surface area contributed by atoms with Crippen LogP contribution < -0.4 is 10.1 Å². The molecule has 5 atom stereocenters. The average Bonchev–Trinajstić information content (AvgIpc) is 2.97. The van der Waals surface area contributed by atoms with Gasteiger partial charge >= 0.3 is 0 Å². The average molecular weight is 376 g/mol. The van der Waals surface area contributed by atoms with Crippen LogP contribution in [-0.4, -0.2) is 34.9 Å². The number of fused-ring (bicyclic) bond motifs is 5. The number of piperazine rings is 1. The van der Waals surface area contributed by atoms with E-state index in [1.54, 1.807) is 6.92 Å². The maximum atomic E-state index is 13.4. The van der Waals surface area contributed by atoms with E-state index < -0.39 is 11.6 Å². The Morgan fingerprint density at radius 1 is 1.14 bits per heavy atom. The van der Waals surface area contributed by atoms with Crippen molar-refractivity contribution in [2.45, 2.75) is 44.3 Å². The van der Waals surface area contributed by atoms with Crippen molar-refractivity contribution in [2.75, 3.05) is 6.61 Å². The number of nitrogens with one attached hydrogen (secondary N) is 1. The zero-order valence-electron chi connectivity index (χ0n) is 16.3. The number of carbonyl (C=O) groups excluding carboxylic acids is 2. The summed E-state index contributed by atoms with van der Waals surface area (Å²) in [4.78, 5) is 28.5. The molecule has 1 N–H and O–H groups in total.